The molecule has 1 aromatic rings. The van der Waals surface area contributed by atoms with Crippen molar-refractivity contribution in [2.45, 2.75) is 18.8 Å². The minimum atomic E-state index is -0.105. The van der Waals surface area contributed by atoms with E-state index < -0.39 is 0 Å². The molecule has 0 bridgehead atoms. The Morgan fingerprint density at radius 2 is 2.47 bits per heavy atom. The van der Waals surface area contributed by atoms with E-state index in [-0.39, 0.29) is 5.91 Å². The number of hydrogen-bond donors (Lipinski definition) is 2. The minimum Gasteiger partial charge on any atom is -0.350 e. The van der Waals surface area contributed by atoms with Gasteiger partial charge in [0.2, 0.25) is 0 Å². The predicted octanol–water partition coefficient (Wildman–Crippen LogP) is 0.957. The zero-order chi connectivity index (χ0) is 10.8. The standard InChI is InChI=1S/C10H15N3OS/c1-13-9(7-2-3-7)6-8(12-13)10(14)11-4-5-15/h6-7,15H,2-5H2,1H3,(H,11,14). The summed E-state index contributed by atoms with van der Waals surface area (Å²) in [6.45, 7) is 0.581. The van der Waals surface area contributed by atoms with Gasteiger partial charge in [-0.2, -0.15) is 17.7 Å². The average Bonchev–Trinajstić information content (AvgIpc) is 2.99. The molecule has 0 aromatic carbocycles. The molecule has 1 amide bonds. The summed E-state index contributed by atoms with van der Waals surface area (Å²) in [6.07, 6.45) is 2.44. The Morgan fingerprint density at radius 1 is 1.73 bits per heavy atom. The van der Waals surface area contributed by atoms with Gasteiger partial charge in [0, 0.05) is 31.0 Å². The molecule has 1 aromatic heterocycles. The van der Waals surface area contributed by atoms with Crippen LogP contribution in [0.25, 0.3) is 0 Å². The third-order valence-electron chi connectivity index (χ3n) is 2.54. The number of aryl methyl sites for hydroxylation is 1. The molecule has 0 unspecified atom stereocenters. The number of nitrogens with one attached hydrogen (secondary N) is 1. The van der Waals surface area contributed by atoms with Crippen LogP contribution in [0.3, 0.4) is 0 Å². The smallest absolute Gasteiger partial charge is 0.271 e. The van der Waals surface area contributed by atoms with Gasteiger partial charge in [-0.3, -0.25) is 9.48 Å². The second kappa shape index (κ2) is 4.26. The molecule has 1 aliphatic carbocycles. The van der Waals surface area contributed by atoms with E-state index in [0.717, 1.165) is 0 Å². The largest absolute Gasteiger partial charge is 0.350 e. The highest BCUT2D eigenvalue weighted by molar-refractivity contribution is 7.80. The SMILES string of the molecule is Cn1nc(C(=O)NCCS)cc1C1CC1. The van der Waals surface area contributed by atoms with Gasteiger partial charge < -0.3 is 5.32 Å². The van der Waals surface area contributed by atoms with E-state index >= 15 is 0 Å². The van der Waals surface area contributed by atoms with Crippen molar-refractivity contribution < 1.29 is 4.79 Å². The molecule has 4 nitrogen and oxygen atoms in total. The van der Waals surface area contributed by atoms with Gasteiger partial charge in [-0.1, -0.05) is 0 Å². The second-order valence-electron chi connectivity index (χ2n) is 3.83. The summed E-state index contributed by atoms with van der Waals surface area (Å²) < 4.78 is 1.81. The fraction of sp³-hybridized carbons (Fsp3) is 0.600. The number of carbonyl (C=O) groups is 1. The summed E-state index contributed by atoms with van der Waals surface area (Å²) in [5.74, 6) is 1.16. The highest BCUT2D eigenvalue weighted by Crippen LogP contribution is 2.39. The first kappa shape index (κ1) is 10.5. The Balaban J connectivity index is 2.07. The zero-order valence-corrected chi connectivity index (χ0v) is 9.63. The van der Waals surface area contributed by atoms with Crippen molar-refractivity contribution in [2.75, 3.05) is 12.3 Å². The molecule has 1 aliphatic rings. The third kappa shape index (κ3) is 2.34. The molecule has 5 heteroatoms. The minimum absolute atomic E-state index is 0.105. The first-order valence-electron chi connectivity index (χ1n) is 5.15. The van der Waals surface area contributed by atoms with Crippen LogP contribution in [0.5, 0.6) is 0 Å². The van der Waals surface area contributed by atoms with Crippen molar-refractivity contribution >= 4 is 18.5 Å². The van der Waals surface area contributed by atoms with Crippen LogP contribution in [-0.4, -0.2) is 28.0 Å². The van der Waals surface area contributed by atoms with Crippen molar-refractivity contribution in [3.63, 3.8) is 0 Å². The third-order valence-corrected chi connectivity index (χ3v) is 2.77. The summed E-state index contributed by atoms with van der Waals surface area (Å²) in [4.78, 5) is 11.6. The molecular weight excluding hydrogens is 210 g/mol. The predicted molar refractivity (Wildman–Crippen MR) is 61.4 cm³/mol. The Bertz CT molecular complexity index is 371. The zero-order valence-electron chi connectivity index (χ0n) is 8.73. The molecule has 1 fully saturated rings. The normalized spacial score (nSPS) is 15.3. The Hall–Kier alpha value is -0.970. The van der Waals surface area contributed by atoms with Gasteiger partial charge in [0.25, 0.3) is 5.91 Å². The van der Waals surface area contributed by atoms with Gasteiger partial charge in [0.1, 0.15) is 5.69 Å². The lowest BCUT2D eigenvalue weighted by Gasteiger charge is -1.98. The van der Waals surface area contributed by atoms with Crippen LogP contribution in [-0.2, 0) is 7.05 Å². The molecule has 0 spiro atoms. The lowest BCUT2D eigenvalue weighted by Crippen LogP contribution is -2.25. The molecule has 82 valence electrons. The van der Waals surface area contributed by atoms with Crippen molar-refractivity contribution in [3.8, 4) is 0 Å². The fourth-order valence-corrected chi connectivity index (χ4v) is 1.73. The molecule has 1 saturated carbocycles. The van der Waals surface area contributed by atoms with E-state index in [1.54, 1.807) is 0 Å². The van der Waals surface area contributed by atoms with E-state index in [9.17, 15) is 4.79 Å². The first-order valence-corrected chi connectivity index (χ1v) is 5.78. The number of hydrogen-bond acceptors (Lipinski definition) is 3. The Morgan fingerprint density at radius 3 is 3.07 bits per heavy atom. The van der Waals surface area contributed by atoms with Crippen molar-refractivity contribution in [3.05, 3.63) is 17.5 Å². The summed E-state index contributed by atoms with van der Waals surface area (Å²) in [6, 6.07) is 1.89. The number of thiol groups is 1. The Labute approximate surface area is 94.5 Å². The van der Waals surface area contributed by atoms with Gasteiger partial charge in [-0.15, -0.1) is 0 Å². The van der Waals surface area contributed by atoms with Gasteiger partial charge in [0.15, 0.2) is 0 Å². The number of nitrogens with zero attached hydrogens (tertiary/aromatic N) is 2. The van der Waals surface area contributed by atoms with Crippen LogP contribution in [0.2, 0.25) is 0 Å². The van der Waals surface area contributed by atoms with Gasteiger partial charge in [0.05, 0.1) is 0 Å². The maximum Gasteiger partial charge on any atom is 0.271 e. The lowest BCUT2D eigenvalue weighted by atomic mass is 10.2. The molecule has 2 rings (SSSR count). The highest BCUT2D eigenvalue weighted by atomic mass is 32.1. The maximum absolute atomic E-state index is 11.6. The van der Waals surface area contributed by atoms with E-state index in [4.69, 9.17) is 0 Å². The van der Waals surface area contributed by atoms with E-state index in [2.05, 4.69) is 23.0 Å². The molecule has 0 radical (unpaired) electrons. The van der Waals surface area contributed by atoms with Crippen LogP contribution in [0, 0.1) is 0 Å². The quantitative estimate of drug-likeness (QED) is 0.750. The monoisotopic (exact) mass is 225 g/mol. The molecule has 0 atom stereocenters. The molecule has 1 heterocycles. The topological polar surface area (TPSA) is 46.9 Å². The van der Waals surface area contributed by atoms with Gasteiger partial charge >= 0.3 is 0 Å². The number of aromatic nitrogens is 2. The average molecular weight is 225 g/mol. The first-order chi connectivity index (χ1) is 7.22. The number of rotatable bonds is 4. The summed E-state index contributed by atoms with van der Waals surface area (Å²) in [5.41, 5.74) is 1.69. The molecule has 0 saturated heterocycles. The van der Waals surface area contributed by atoms with Crippen LogP contribution in [0.4, 0.5) is 0 Å². The van der Waals surface area contributed by atoms with Crippen LogP contribution >= 0.6 is 12.6 Å². The van der Waals surface area contributed by atoms with Crippen LogP contribution in [0.15, 0.2) is 6.07 Å². The number of carbonyl (C=O) groups excluding carboxylic acids is 1. The molecular formula is C10H15N3OS. The van der Waals surface area contributed by atoms with Crippen LogP contribution in [0.1, 0.15) is 34.9 Å². The van der Waals surface area contributed by atoms with Gasteiger partial charge in [-0.25, -0.2) is 0 Å². The van der Waals surface area contributed by atoms with Crippen molar-refractivity contribution in [1.82, 2.24) is 15.1 Å². The second-order valence-corrected chi connectivity index (χ2v) is 4.28. The Kier molecular flexibility index (Phi) is 3.00. The van der Waals surface area contributed by atoms with E-state index in [1.165, 1.54) is 18.5 Å². The number of amides is 1. The molecule has 1 N–H and O–H groups in total. The summed E-state index contributed by atoms with van der Waals surface area (Å²) >= 11 is 4.04. The maximum atomic E-state index is 11.6. The molecule has 0 aliphatic heterocycles. The van der Waals surface area contributed by atoms with Gasteiger partial charge in [-0.05, 0) is 18.9 Å². The van der Waals surface area contributed by atoms with E-state index in [0.29, 0.717) is 23.9 Å². The van der Waals surface area contributed by atoms with Crippen molar-refractivity contribution in [1.29, 1.82) is 0 Å². The van der Waals surface area contributed by atoms with Crippen LogP contribution < -0.4 is 5.32 Å². The molecule has 15 heavy (non-hydrogen) atoms. The highest BCUT2D eigenvalue weighted by Gasteiger charge is 2.28. The lowest BCUT2D eigenvalue weighted by molar-refractivity contribution is 0.0950. The van der Waals surface area contributed by atoms with Crippen molar-refractivity contribution in [2.24, 2.45) is 7.05 Å². The van der Waals surface area contributed by atoms with E-state index in [1.807, 2.05) is 17.8 Å². The fourth-order valence-electron chi connectivity index (χ4n) is 1.61. The summed E-state index contributed by atoms with van der Waals surface area (Å²) in [5, 5.41) is 6.96. The summed E-state index contributed by atoms with van der Waals surface area (Å²) in [7, 11) is 1.89.